The Hall–Kier alpha value is -2.29. The van der Waals surface area contributed by atoms with E-state index in [-0.39, 0.29) is 11.6 Å². The van der Waals surface area contributed by atoms with Crippen molar-refractivity contribution in [2.45, 2.75) is 27.3 Å². The molecule has 0 aliphatic heterocycles. The fourth-order valence-corrected chi connectivity index (χ4v) is 2.59. The molecule has 8 nitrogen and oxygen atoms in total. The fourth-order valence-electron chi connectivity index (χ4n) is 1.85. The van der Waals surface area contributed by atoms with E-state index in [0.29, 0.717) is 28.8 Å². The molecule has 0 spiro atoms. The third kappa shape index (κ3) is 2.82. The van der Waals surface area contributed by atoms with Crippen molar-refractivity contribution in [3.63, 3.8) is 0 Å². The molecule has 0 aliphatic carbocycles. The highest BCUT2D eigenvalue weighted by Gasteiger charge is 2.22. The number of hydrogen-bond acceptors (Lipinski definition) is 6. The number of carbonyl (C=O) groups excluding carboxylic acids is 1. The Balaban J connectivity index is 2.22. The van der Waals surface area contributed by atoms with E-state index >= 15 is 0 Å². The number of aryl methyl sites for hydroxylation is 1. The maximum absolute atomic E-state index is 10.9. The summed E-state index contributed by atoms with van der Waals surface area (Å²) in [6.07, 6.45) is 0. The number of anilines is 1. The molecule has 0 aromatic carbocycles. The number of amides is 1. The molecule has 0 fully saturated rings. The van der Waals surface area contributed by atoms with Crippen LogP contribution in [0.1, 0.15) is 24.0 Å². The molecule has 0 saturated heterocycles. The zero-order chi connectivity index (χ0) is 14.9. The van der Waals surface area contributed by atoms with Crippen molar-refractivity contribution < 1.29 is 9.72 Å². The standard InChI is InChI=1S/C11H13N5O3S/c1-6-10(16(18)19)7(2)15(14-6)4-9-5-20-11(13-9)12-8(3)17/h5H,4H2,1-3H3,(H,12,13,17). The Kier molecular flexibility index (Phi) is 3.79. The Bertz CT molecular complexity index is 676. The van der Waals surface area contributed by atoms with Gasteiger partial charge in [0.15, 0.2) is 5.13 Å². The van der Waals surface area contributed by atoms with Crippen LogP contribution in [0.15, 0.2) is 5.38 Å². The number of thiazole rings is 1. The SMILES string of the molecule is CC(=O)Nc1nc(Cn2nc(C)c([N+](=O)[O-])c2C)cs1. The van der Waals surface area contributed by atoms with Crippen LogP contribution < -0.4 is 5.32 Å². The van der Waals surface area contributed by atoms with Crippen LogP contribution in [0, 0.1) is 24.0 Å². The second-order valence-electron chi connectivity index (χ2n) is 4.26. The summed E-state index contributed by atoms with van der Waals surface area (Å²) in [5.74, 6) is -0.187. The minimum Gasteiger partial charge on any atom is -0.302 e. The first-order valence-electron chi connectivity index (χ1n) is 5.79. The highest BCUT2D eigenvalue weighted by molar-refractivity contribution is 7.13. The highest BCUT2D eigenvalue weighted by atomic mass is 32.1. The second kappa shape index (κ2) is 5.37. The van der Waals surface area contributed by atoms with E-state index < -0.39 is 4.92 Å². The van der Waals surface area contributed by atoms with Gasteiger partial charge in [-0.25, -0.2) is 4.98 Å². The minimum atomic E-state index is -0.433. The van der Waals surface area contributed by atoms with Crippen molar-refractivity contribution in [1.29, 1.82) is 0 Å². The average Bonchev–Trinajstić information content (AvgIpc) is 2.84. The maximum Gasteiger partial charge on any atom is 0.312 e. The normalized spacial score (nSPS) is 10.6. The van der Waals surface area contributed by atoms with Gasteiger partial charge in [0.1, 0.15) is 11.4 Å². The minimum absolute atomic E-state index is 0.0299. The molecular formula is C11H13N5O3S. The molecule has 0 bridgehead atoms. The van der Waals surface area contributed by atoms with Crippen molar-refractivity contribution in [3.05, 3.63) is 32.6 Å². The van der Waals surface area contributed by atoms with Crippen LogP contribution in [0.25, 0.3) is 0 Å². The summed E-state index contributed by atoms with van der Waals surface area (Å²) < 4.78 is 1.54. The van der Waals surface area contributed by atoms with E-state index in [1.807, 2.05) is 0 Å². The number of aromatic nitrogens is 3. The van der Waals surface area contributed by atoms with Crippen LogP contribution in [0.3, 0.4) is 0 Å². The van der Waals surface area contributed by atoms with Crippen LogP contribution in [0.5, 0.6) is 0 Å². The van der Waals surface area contributed by atoms with Crippen molar-refractivity contribution in [1.82, 2.24) is 14.8 Å². The summed E-state index contributed by atoms with van der Waals surface area (Å²) in [4.78, 5) is 25.6. The van der Waals surface area contributed by atoms with E-state index in [1.165, 1.54) is 18.3 Å². The van der Waals surface area contributed by atoms with Gasteiger partial charge in [-0.1, -0.05) is 0 Å². The summed E-state index contributed by atoms with van der Waals surface area (Å²) >= 11 is 1.30. The molecule has 0 radical (unpaired) electrons. The molecule has 0 aliphatic rings. The summed E-state index contributed by atoms with van der Waals surface area (Å²) in [5, 5.41) is 20.0. The predicted octanol–water partition coefficient (Wildman–Crippen LogP) is 1.87. The van der Waals surface area contributed by atoms with Crippen LogP contribution in [-0.2, 0) is 11.3 Å². The van der Waals surface area contributed by atoms with Gasteiger partial charge in [0.25, 0.3) is 0 Å². The lowest BCUT2D eigenvalue weighted by Crippen LogP contribution is -2.07. The van der Waals surface area contributed by atoms with E-state index in [9.17, 15) is 14.9 Å². The molecule has 0 unspecified atom stereocenters. The summed E-state index contributed by atoms with van der Waals surface area (Å²) in [6.45, 7) is 4.99. The number of nitrogens with zero attached hydrogens (tertiary/aromatic N) is 4. The third-order valence-corrected chi connectivity index (χ3v) is 3.48. The predicted molar refractivity (Wildman–Crippen MR) is 73.9 cm³/mol. The Morgan fingerprint density at radius 1 is 1.55 bits per heavy atom. The lowest BCUT2D eigenvalue weighted by atomic mass is 10.3. The molecule has 106 valence electrons. The summed E-state index contributed by atoms with van der Waals surface area (Å²) in [6, 6.07) is 0. The van der Waals surface area contributed by atoms with Gasteiger partial charge in [0.2, 0.25) is 5.91 Å². The zero-order valence-corrected chi connectivity index (χ0v) is 12.0. The van der Waals surface area contributed by atoms with Gasteiger partial charge in [-0.05, 0) is 13.8 Å². The number of hydrogen-bond donors (Lipinski definition) is 1. The Morgan fingerprint density at radius 3 is 2.80 bits per heavy atom. The van der Waals surface area contributed by atoms with Gasteiger partial charge in [-0.3, -0.25) is 19.6 Å². The quantitative estimate of drug-likeness (QED) is 0.685. The fraction of sp³-hybridized carbons (Fsp3) is 0.364. The highest BCUT2D eigenvalue weighted by Crippen LogP contribution is 2.23. The lowest BCUT2D eigenvalue weighted by molar-refractivity contribution is -0.386. The molecule has 9 heteroatoms. The van der Waals surface area contributed by atoms with Gasteiger partial charge in [-0.15, -0.1) is 11.3 Å². The van der Waals surface area contributed by atoms with Gasteiger partial charge >= 0.3 is 5.69 Å². The summed E-state index contributed by atoms with van der Waals surface area (Å²) in [7, 11) is 0. The van der Waals surface area contributed by atoms with Crippen molar-refractivity contribution in [3.8, 4) is 0 Å². The largest absolute Gasteiger partial charge is 0.312 e. The Morgan fingerprint density at radius 2 is 2.25 bits per heavy atom. The number of carbonyl (C=O) groups is 1. The monoisotopic (exact) mass is 295 g/mol. The first kappa shape index (κ1) is 14.1. The van der Waals surface area contributed by atoms with Crippen molar-refractivity contribution in [2.24, 2.45) is 0 Å². The lowest BCUT2D eigenvalue weighted by Gasteiger charge is -2.00. The first-order chi connectivity index (χ1) is 9.38. The molecule has 2 aromatic heterocycles. The van der Waals surface area contributed by atoms with Gasteiger partial charge in [0.05, 0.1) is 17.2 Å². The molecule has 0 saturated carbocycles. The Labute approximate surface area is 118 Å². The molecule has 20 heavy (non-hydrogen) atoms. The van der Waals surface area contributed by atoms with Crippen molar-refractivity contribution in [2.75, 3.05) is 5.32 Å². The van der Waals surface area contributed by atoms with Crippen LogP contribution >= 0.6 is 11.3 Å². The zero-order valence-electron chi connectivity index (χ0n) is 11.2. The van der Waals surface area contributed by atoms with Crippen molar-refractivity contribution >= 4 is 28.1 Å². The molecule has 2 heterocycles. The van der Waals surface area contributed by atoms with Crippen LogP contribution in [0.4, 0.5) is 10.8 Å². The maximum atomic E-state index is 10.9. The molecule has 2 aromatic rings. The van der Waals surface area contributed by atoms with Crippen LogP contribution in [0.2, 0.25) is 0 Å². The molecule has 0 atom stereocenters. The van der Waals surface area contributed by atoms with E-state index in [2.05, 4.69) is 15.4 Å². The average molecular weight is 295 g/mol. The first-order valence-corrected chi connectivity index (χ1v) is 6.67. The van der Waals surface area contributed by atoms with Gasteiger partial charge in [0, 0.05) is 12.3 Å². The third-order valence-electron chi connectivity index (χ3n) is 2.67. The molecule has 1 amide bonds. The smallest absolute Gasteiger partial charge is 0.302 e. The van der Waals surface area contributed by atoms with Gasteiger partial charge in [-0.2, -0.15) is 5.10 Å². The summed E-state index contributed by atoms with van der Waals surface area (Å²) in [5.41, 5.74) is 1.59. The van der Waals surface area contributed by atoms with E-state index in [1.54, 1.807) is 23.9 Å². The number of nitro groups is 1. The second-order valence-corrected chi connectivity index (χ2v) is 5.12. The van der Waals surface area contributed by atoms with E-state index in [0.717, 1.165) is 0 Å². The molecule has 1 N–H and O–H groups in total. The number of rotatable bonds is 4. The van der Waals surface area contributed by atoms with Gasteiger partial charge < -0.3 is 5.32 Å². The molecule has 2 rings (SSSR count). The number of nitrogens with one attached hydrogen (secondary N) is 1. The topological polar surface area (TPSA) is 103 Å². The van der Waals surface area contributed by atoms with E-state index in [4.69, 9.17) is 0 Å². The van der Waals surface area contributed by atoms with Crippen LogP contribution in [-0.4, -0.2) is 25.6 Å². The molecular weight excluding hydrogens is 282 g/mol.